The molecule has 6 nitrogen and oxygen atoms in total. The molecule has 0 aliphatic carbocycles. The fourth-order valence-electron chi connectivity index (χ4n) is 4.44. The molecule has 0 fully saturated rings. The van der Waals surface area contributed by atoms with Crippen LogP contribution in [0.25, 0.3) is 10.9 Å². The maximum absolute atomic E-state index is 11.8. The van der Waals surface area contributed by atoms with E-state index in [2.05, 4.69) is 4.98 Å². The van der Waals surface area contributed by atoms with Crippen molar-refractivity contribution in [3.05, 3.63) is 80.2 Å². The van der Waals surface area contributed by atoms with Crippen LogP contribution in [-0.2, 0) is 17.8 Å². The molecule has 0 spiro atoms. The molecule has 1 aliphatic rings. The fourth-order valence-corrected chi connectivity index (χ4v) is 5.36. The molecule has 1 unspecified atom stereocenters. The second-order valence-corrected chi connectivity index (χ2v) is 9.63. The third-order valence-electron chi connectivity index (χ3n) is 5.91. The molecule has 5 rings (SSSR count). The number of hydrogen-bond acceptors (Lipinski definition) is 4. The number of nitrogens with zero attached hydrogens (tertiary/aromatic N) is 2. The predicted molar refractivity (Wildman–Crippen MR) is 126 cm³/mol. The molecule has 2 N–H and O–H groups in total. The van der Waals surface area contributed by atoms with E-state index in [1.54, 1.807) is 0 Å². The molecule has 0 saturated heterocycles. The number of rotatable bonds is 6. The van der Waals surface area contributed by atoms with E-state index < -0.39 is 0 Å². The zero-order valence-corrected chi connectivity index (χ0v) is 19.2. The lowest BCUT2D eigenvalue weighted by molar-refractivity contribution is -0.120. The van der Waals surface area contributed by atoms with E-state index in [1.807, 2.05) is 65.1 Å². The van der Waals surface area contributed by atoms with Gasteiger partial charge in [-0.05, 0) is 54.8 Å². The van der Waals surface area contributed by atoms with Crippen LogP contribution >= 0.6 is 22.9 Å². The molecule has 1 aliphatic heterocycles. The number of benzene rings is 2. The topological polar surface area (TPSA) is 74.1 Å². The van der Waals surface area contributed by atoms with Gasteiger partial charge in [0.2, 0.25) is 6.41 Å². The van der Waals surface area contributed by atoms with Crippen molar-refractivity contribution in [3.63, 3.8) is 0 Å². The Bertz CT molecular complexity index is 1340. The van der Waals surface area contributed by atoms with Gasteiger partial charge in [0.1, 0.15) is 12.4 Å². The average molecular weight is 467 g/mol. The van der Waals surface area contributed by atoms with Gasteiger partial charge in [-0.3, -0.25) is 10.2 Å². The van der Waals surface area contributed by atoms with E-state index in [1.165, 1.54) is 16.9 Å². The summed E-state index contributed by atoms with van der Waals surface area (Å²) < 4.78 is 7.79. The summed E-state index contributed by atoms with van der Waals surface area (Å²) in [5.41, 5.74) is 4.33. The summed E-state index contributed by atoms with van der Waals surface area (Å²) in [6.07, 6.45) is 3.69. The normalized spacial score (nSPS) is 15.7. The second-order valence-electron chi connectivity index (χ2n) is 7.96. The van der Waals surface area contributed by atoms with Crippen molar-refractivity contribution in [3.8, 4) is 5.75 Å². The summed E-state index contributed by atoms with van der Waals surface area (Å²) in [4.78, 5) is 18.8. The van der Waals surface area contributed by atoms with Crippen LogP contribution in [0.4, 0.5) is 0 Å². The van der Waals surface area contributed by atoms with E-state index >= 15 is 0 Å². The Hall–Kier alpha value is -3.03. The minimum atomic E-state index is -0.174. The number of thiazole rings is 1. The van der Waals surface area contributed by atoms with Crippen LogP contribution in [0.15, 0.2) is 48.7 Å². The molecule has 0 radical (unpaired) electrons. The number of fused-ring (bicyclic) bond motifs is 3. The van der Waals surface area contributed by atoms with Crippen molar-refractivity contribution in [2.45, 2.75) is 25.9 Å². The van der Waals surface area contributed by atoms with Gasteiger partial charge in [-0.1, -0.05) is 23.7 Å². The summed E-state index contributed by atoms with van der Waals surface area (Å²) >= 11 is 7.69. The molecule has 8 heteroatoms. The van der Waals surface area contributed by atoms with Crippen LogP contribution < -0.4 is 9.54 Å². The number of halogens is 1. The van der Waals surface area contributed by atoms with Crippen molar-refractivity contribution in [2.75, 3.05) is 13.2 Å². The van der Waals surface area contributed by atoms with Crippen LogP contribution in [0.2, 0.25) is 5.02 Å². The van der Waals surface area contributed by atoms with Gasteiger partial charge in [0.05, 0.1) is 12.6 Å². The minimum absolute atomic E-state index is 0.174. The summed E-state index contributed by atoms with van der Waals surface area (Å²) in [5.74, 6) is 0.768. The third-order valence-corrected chi connectivity index (χ3v) is 7.00. The number of ether oxygens (including phenoxy) is 1. The Balaban J connectivity index is 1.38. The summed E-state index contributed by atoms with van der Waals surface area (Å²) in [6, 6.07) is 13.6. The van der Waals surface area contributed by atoms with Crippen molar-refractivity contribution >= 4 is 40.3 Å². The number of aryl methyl sites for hydroxylation is 1. The number of aromatic nitrogens is 2. The van der Waals surface area contributed by atoms with E-state index in [9.17, 15) is 4.79 Å². The average Bonchev–Trinajstić information content (AvgIpc) is 3.31. The van der Waals surface area contributed by atoms with Gasteiger partial charge in [0.15, 0.2) is 4.80 Å². The highest BCUT2D eigenvalue weighted by Crippen LogP contribution is 2.38. The Morgan fingerprint density at radius 3 is 2.81 bits per heavy atom. The van der Waals surface area contributed by atoms with Gasteiger partial charge in [0.25, 0.3) is 0 Å². The molecule has 3 heterocycles. The van der Waals surface area contributed by atoms with Gasteiger partial charge in [-0.25, -0.2) is 0 Å². The van der Waals surface area contributed by atoms with Gasteiger partial charge < -0.3 is 19.2 Å². The van der Waals surface area contributed by atoms with Crippen molar-refractivity contribution < 1.29 is 9.53 Å². The van der Waals surface area contributed by atoms with Gasteiger partial charge in [-0.15, -0.1) is 11.3 Å². The first-order valence-electron chi connectivity index (χ1n) is 10.5. The number of carbonyl (C=O) groups excluding carboxylic acids is 1. The quantitative estimate of drug-likeness (QED) is 0.406. The molecular weight excluding hydrogens is 444 g/mol. The molecule has 0 saturated carbocycles. The first-order chi connectivity index (χ1) is 15.5. The van der Waals surface area contributed by atoms with Gasteiger partial charge in [0, 0.05) is 39.2 Å². The Morgan fingerprint density at radius 1 is 1.28 bits per heavy atom. The third kappa shape index (κ3) is 3.82. The number of nitrogens with one attached hydrogen (secondary N) is 2. The molecule has 1 atom stereocenters. The number of hydrogen-bond donors (Lipinski definition) is 2. The first-order valence-corrected chi connectivity index (χ1v) is 11.7. The van der Waals surface area contributed by atoms with E-state index in [4.69, 9.17) is 21.7 Å². The lowest BCUT2D eigenvalue weighted by atomic mass is 9.93. The number of H-pyrrole nitrogens is 1. The summed E-state index contributed by atoms with van der Waals surface area (Å²) in [6.45, 7) is 3.78. The minimum Gasteiger partial charge on any atom is -0.492 e. The highest BCUT2D eigenvalue weighted by atomic mass is 35.5. The summed E-state index contributed by atoms with van der Waals surface area (Å²) in [5, 5.41) is 9.78. The molecular formula is C24H23ClN4O2S. The molecule has 0 bridgehead atoms. The molecule has 164 valence electrons. The smallest absolute Gasteiger partial charge is 0.210 e. The van der Waals surface area contributed by atoms with Crippen LogP contribution in [0.3, 0.4) is 0 Å². The van der Waals surface area contributed by atoms with Crippen LogP contribution in [-0.4, -0.2) is 34.0 Å². The van der Waals surface area contributed by atoms with Crippen LogP contribution in [0, 0.1) is 12.3 Å². The van der Waals surface area contributed by atoms with E-state index in [0.717, 1.165) is 45.6 Å². The lowest BCUT2D eigenvalue weighted by Crippen LogP contribution is -2.34. The highest BCUT2D eigenvalue weighted by molar-refractivity contribution is 7.09. The molecule has 32 heavy (non-hydrogen) atoms. The Kier molecular flexibility index (Phi) is 5.53. The van der Waals surface area contributed by atoms with E-state index in [0.29, 0.717) is 29.5 Å². The maximum Gasteiger partial charge on any atom is 0.210 e. The molecule has 2 aromatic carbocycles. The van der Waals surface area contributed by atoms with Crippen molar-refractivity contribution in [1.29, 1.82) is 5.41 Å². The zero-order valence-electron chi connectivity index (χ0n) is 17.6. The SMILES string of the molecule is Cc1cn(CCOc2ccc(C3c4[nH]c5ccc(Cl)cc5c4CCN3C=O)cc2)c(=N)s1. The van der Waals surface area contributed by atoms with Gasteiger partial charge in [-0.2, -0.15) is 0 Å². The van der Waals surface area contributed by atoms with Crippen molar-refractivity contribution in [2.24, 2.45) is 0 Å². The second kappa shape index (κ2) is 8.48. The zero-order chi connectivity index (χ0) is 22.2. The van der Waals surface area contributed by atoms with Crippen LogP contribution in [0.1, 0.15) is 27.7 Å². The predicted octanol–water partition coefficient (Wildman–Crippen LogP) is 4.66. The number of carbonyl (C=O) groups is 1. The maximum atomic E-state index is 11.8. The highest BCUT2D eigenvalue weighted by Gasteiger charge is 2.31. The van der Waals surface area contributed by atoms with E-state index in [-0.39, 0.29) is 6.04 Å². The lowest BCUT2D eigenvalue weighted by Gasteiger charge is -2.33. The standard InChI is InChI=1S/C24H23ClN4O2S/c1-15-13-28(24(26)32-15)10-11-31-18-5-2-16(3-6-18)23-22-19(8-9-29(23)14-30)20-12-17(25)4-7-21(20)27-22/h2-7,12-14,23,26-27H,8-11H2,1H3. The largest absolute Gasteiger partial charge is 0.492 e. The Labute approximate surface area is 194 Å². The first kappa shape index (κ1) is 20.8. The van der Waals surface area contributed by atoms with Crippen molar-refractivity contribution in [1.82, 2.24) is 14.5 Å². The fraction of sp³-hybridized carbons (Fsp3) is 0.250. The molecule has 2 aromatic heterocycles. The summed E-state index contributed by atoms with van der Waals surface area (Å²) in [7, 11) is 0. The Morgan fingerprint density at radius 2 is 2.09 bits per heavy atom. The number of amides is 1. The monoisotopic (exact) mass is 466 g/mol. The molecule has 1 amide bonds. The van der Waals surface area contributed by atoms with Crippen LogP contribution in [0.5, 0.6) is 5.75 Å². The van der Waals surface area contributed by atoms with Gasteiger partial charge >= 0.3 is 0 Å². The molecule has 4 aromatic rings. The number of aromatic amines is 1.